The Balaban J connectivity index is 2.03. The van der Waals surface area contributed by atoms with Gasteiger partial charge in [0.2, 0.25) is 15.9 Å². The molecule has 9 nitrogen and oxygen atoms in total. The lowest BCUT2D eigenvalue weighted by Crippen LogP contribution is -2.30. The van der Waals surface area contributed by atoms with Crippen LogP contribution in [-0.2, 0) is 24.3 Å². The van der Waals surface area contributed by atoms with Crippen molar-refractivity contribution in [1.82, 2.24) is 4.31 Å². The Bertz CT molecular complexity index is 1050. The molecule has 0 aliphatic heterocycles. The number of nitrogens with one attached hydrogen (secondary N) is 2. The molecule has 0 aromatic heterocycles. The smallest absolute Gasteiger partial charge is 0.338 e. The van der Waals surface area contributed by atoms with E-state index in [1.54, 1.807) is 12.1 Å². The van der Waals surface area contributed by atoms with Crippen LogP contribution in [0.3, 0.4) is 0 Å². The molecular formula is C20H23N3O6S. The van der Waals surface area contributed by atoms with Crippen molar-refractivity contribution in [3.8, 4) is 0 Å². The van der Waals surface area contributed by atoms with Crippen molar-refractivity contribution in [3.05, 3.63) is 54.1 Å². The van der Waals surface area contributed by atoms with Gasteiger partial charge in [0.25, 0.3) is 5.91 Å². The second kappa shape index (κ2) is 9.51. The van der Waals surface area contributed by atoms with E-state index in [9.17, 15) is 22.8 Å². The van der Waals surface area contributed by atoms with Crippen LogP contribution < -0.4 is 10.6 Å². The minimum Gasteiger partial charge on any atom is -0.449 e. The van der Waals surface area contributed by atoms with Gasteiger partial charge in [-0.15, -0.1) is 0 Å². The molecule has 0 bridgehead atoms. The quantitative estimate of drug-likeness (QED) is 0.645. The molecule has 10 heteroatoms. The first-order chi connectivity index (χ1) is 14.0. The van der Waals surface area contributed by atoms with Crippen molar-refractivity contribution >= 4 is 39.2 Å². The third kappa shape index (κ3) is 5.88. The van der Waals surface area contributed by atoms with E-state index in [-0.39, 0.29) is 22.1 Å². The highest BCUT2D eigenvalue weighted by Crippen LogP contribution is 2.18. The lowest BCUT2D eigenvalue weighted by molar-refractivity contribution is -0.123. The van der Waals surface area contributed by atoms with Crippen molar-refractivity contribution in [2.75, 3.05) is 24.7 Å². The third-order valence-corrected chi connectivity index (χ3v) is 5.79. The van der Waals surface area contributed by atoms with E-state index in [1.807, 2.05) is 0 Å². The van der Waals surface area contributed by atoms with Gasteiger partial charge in [0.05, 0.1) is 10.5 Å². The zero-order valence-electron chi connectivity index (χ0n) is 17.0. The fourth-order valence-electron chi connectivity index (χ4n) is 2.36. The number of carbonyl (C=O) groups excluding carboxylic acids is 3. The molecule has 1 unspecified atom stereocenters. The number of hydrogen-bond acceptors (Lipinski definition) is 6. The first kappa shape index (κ1) is 23.0. The van der Waals surface area contributed by atoms with Gasteiger partial charge >= 0.3 is 5.97 Å². The average Bonchev–Trinajstić information content (AvgIpc) is 2.68. The molecule has 2 amide bonds. The molecule has 0 aliphatic rings. The summed E-state index contributed by atoms with van der Waals surface area (Å²) in [6, 6.07) is 11.8. The number of carbonyl (C=O) groups is 3. The van der Waals surface area contributed by atoms with Crippen molar-refractivity contribution < 1.29 is 27.5 Å². The summed E-state index contributed by atoms with van der Waals surface area (Å²) in [4.78, 5) is 35.6. The second-order valence-electron chi connectivity index (χ2n) is 6.61. The SMILES string of the molecule is CC(=O)Nc1ccc(C(=O)OC(C)C(=O)Nc2cccc(S(=O)(=O)N(C)C)c2)cc1. The van der Waals surface area contributed by atoms with Crippen LogP contribution in [0.4, 0.5) is 11.4 Å². The number of sulfonamides is 1. The van der Waals surface area contributed by atoms with Crippen LogP contribution in [-0.4, -0.2) is 50.7 Å². The fourth-order valence-corrected chi connectivity index (χ4v) is 3.31. The number of esters is 1. The van der Waals surface area contributed by atoms with Gasteiger partial charge in [0, 0.05) is 32.4 Å². The number of hydrogen-bond donors (Lipinski definition) is 2. The Kier molecular flexibility index (Phi) is 7.30. The van der Waals surface area contributed by atoms with E-state index in [4.69, 9.17) is 4.74 Å². The molecule has 0 heterocycles. The van der Waals surface area contributed by atoms with Crippen molar-refractivity contribution in [2.45, 2.75) is 24.8 Å². The molecule has 2 aromatic rings. The van der Waals surface area contributed by atoms with Crippen LogP contribution in [0.2, 0.25) is 0 Å². The number of anilines is 2. The summed E-state index contributed by atoms with van der Waals surface area (Å²) < 4.78 is 30.6. The Hall–Kier alpha value is -3.24. The van der Waals surface area contributed by atoms with Gasteiger partial charge in [-0.3, -0.25) is 9.59 Å². The van der Waals surface area contributed by atoms with E-state index in [1.165, 1.54) is 64.3 Å². The maximum atomic E-state index is 12.4. The molecule has 0 saturated carbocycles. The normalized spacial score (nSPS) is 12.2. The van der Waals surface area contributed by atoms with E-state index in [0.717, 1.165) is 4.31 Å². The highest BCUT2D eigenvalue weighted by molar-refractivity contribution is 7.89. The summed E-state index contributed by atoms with van der Waals surface area (Å²) in [5, 5.41) is 5.11. The van der Waals surface area contributed by atoms with Gasteiger partial charge in [0.15, 0.2) is 6.10 Å². The molecule has 1 atom stereocenters. The molecule has 0 saturated heterocycles. The fraction of sp³-hybridized carbons (Fsp3) is 0.250. The zero-order valence-corrected chi connectivity index (χ0v) is 17.8. The van der Waals surface area contributed by atoms with Crippen LogP contribution in [0.5, 0.6) is 0 Å². The molecule has 30 heavy (non-hydrogen) atoms. The molecule has 2 rings (SSSR count). The predicted molar refractivity (Wildman–Crippen MR) is 112 cm³/mol. The minimum absolute atomic E-state index is 0.0224. The Labute approximate surface area is 175 Å². The van der Waals surface area contributed by atoms with E-state index >= 15 is 0 Å². The standard InChI is InChI=1S/C20H23N3O6S/c1-13(29-20(26)15-8-10-16(11-9-15)21-14(2)24)19(25)22-17-6-5-7-18(12-17)30(27,28)23(3)4/h5-13H,1-4H3,(H,21,24)(H,22,25). The van der Waals surface area contributed by atoms with Gasteiger partial charge in [0.1, 0.15) is 0 Å². The maximum Gasteiger partial charge on any atom is 0.338 e. The minimum atomic E-state index is -3.65. The summed E-state index contributed by atoms with van der Waals surface area (Å²) in [7, 11) is -0.836. The lowest BCUT2D eigenvalue weighted by Gasteiger charge is -2.15. The predicted octanol–water partition coefficient (Wildman–Crippen LogP) is 2.08. The van der Waals surface area contributed by atoms with Crippen LogP contribution in [0, 0.1) is 0 Å². The third-order valence-electron chi connectivity index (χ3n) is 3.97. The molecule has 160 valence electrons. The molecule has 2 N–H and O–H groups in total. The first-order valence-corrected chi connectivity index (χ1v) is 10.4. The maximum absolute atomic E-state index is 12.4. The van der Waals surface area contributed by atoms with Crippen molar-refractivity contribution in [3.63, 3.8) is 0 Å². The van der Waals surface area contributed by atoms with Gasteiger partial charge in [-0.05, 0) is 49.4 Å². The van der Waals surface area contributed by atoms with Crippen LogP contribution >= 0.6 is 0 Å². The molecule has 0 spiro atoms. The van der Waals surface area contributed by atoms with Gasteiger partial charge in [-0.25, -0.2) is 17.5 Å². The van der Waals surface area contributed by atoms with Crippen LogP contribution in [0.1, 0.15) is 24.2 Å². The summed E-state index contributed by atoms with van der Waals surface area (Å²) in [6.45, 7) is 2.77. The first-order valence-electron chi connectivity index (χ1n) is 8.93. The summed E-state index contributed by atoms with van der Waals surface area (Å²) in [5.74, 6) is -1.56. The molecule has 0 fully saturated rings. The van der Waals surface area contributed by atoms with E-state index in [0.29, 0.717) is 5.69 Å². The zero-order chi connectivity index (χ0) is 22.5. The van der Waals surface area contributed by atoms with Crippen molar-refractivity contribution in [2.24, 2.45) is 0 Å². The Morgan fingerprint density at radius 2 is 1.60 bits per heavy atom. The van der Waals surface area contributed by atoms with E-state index < -0.39 is 28.0 Å². The van der Waals surface area contributed by atoms with Gasteiger partial charge in [-0.1, -0.05) is 6.07 Å². The second-order valence-corrected chi connectivity index (χ2v) is 8.76. The molecule has 0 aliphatic carbocycles. The number of rotatable bonds is 7. The summed E-state index contributed by atoms with van der Waals surface area (Å²) >= 11 is 0. The topological polar surface area (TPSA) is 122 Å². The Morgan fingerprint density at radius 3 is 2.17 bits per heavy atom. The highest BCUT2D eigenvalue weighted by atomic mass is 32.2. The largest absolute Gasteiger partial charge is 0.449 e. The highest BCUT2D eigenvalue weighted by Gasteiger charge is 2.21. The average molecular weight is 433 g/mol. The number of benzene rings is 2. The van der Waals surface area contributed by atoms with Crippen molar-refractivity contribution in [1.29, 1.82) is 0 Å². The lowest BCUT2D eigenvalue weighted by atomic mass is 10.2. The number of ether oxygens (including phenoxy) is 1. The van der Waals surface area contributed by atoms with Crippen LogP contribution in [0.25, 0.3) is 0 Å². The van der Waals surface area contributed by atoms with Crippen LogP contribution in [0.15, 0.2) is 53.4 Å². The monoisotopic (exact) mass is 433 g/mol. The number of amides is 2. The van der Waals surface area contributed by atoms with Gasteiger partial charge < -0.3 is 15.4 Å². The summed E-state index contributed by atoms with van der Waals surface area (Å²) in [6.07, 6.45) is -1.12. The summed E-state index contributed by atoms with van der Waals surface area (Å²) in [5.41, 5.74) is 0.991. The molecular weight excluding hydrogens is 410 g/mol. The van der Waals surface area contributed by atoms with Gasteiger partial charge in [-0.2, -0.15) is 0 Å². The Morgan fingerprint density at radius 1 is 0.967 bits per heavy atom. The number of nitrogens with zero attached hydrogens (tertiary/aromatic N) is 1. The van der Waals surface area contributed by atoms with E-state index in [2.05, 4.69) is 10.6 Å². The molecule has 2 aromatic carbocycles. The molecule has 0 radical (unpaired) electrons.